The standard InChI is InChI=1S/C22H29BrN4O4/c1-4-30-18-10-15(11-19(21(18)23)31-5-2)14-27-8-6-16(7-9-27)26-20-13-24-17(12-25-20)22(28)29-3/h10-13,16H,4-9,14H2,1-3H3,(H,25,26). The van der Waals surface area contributed by atoms with E-state index in [0.717, 1.165) is 48.4 Å². The zero-order valence-corrected chi connectivity index (χ0v) is 19.8. The third-order valence-electron chi connectivity index (χ3n) is 5.06. The quantitative estimate of drug-likeness (QED) is 0.527. The Kier molecular flexibility index (Phi) is 8.48. The largest absolute Gasteiger partial charge is 0.493 e. The van der Waals surface area contributed by atoms with E-state index in [9.17, 15) is 4.79 Å². The number of hydrogen-bond acceptors (Lipinski definition) is 8. The molecule has 1 aliphatic heterocycles. The van der Waals surface area contributed by atoms with Crippen LogP contribution in [0.25, 0.3) is 0 Å². The molecule has 1 N–H and O–H groups in total. The second kappa shape index (κ2) is 11.3. The third-order valence-corrected chi connectivity index (χ3v) is 5.84. The average molecular weight is 493 g/mol. The summed E-state index contributed by atoms with van der Waals surface area (Å²) in [6.45, 7) is 7.94. The van der Waals surface area contributed by atoms with Crippen LogP contribution in [0.3, 0.4) is 0 Å². The maximum atomic E-state index is 11.5. The van der Waals surface area contributed by atoms with Gasteiger partial charge in [0, 0.05) is 25.7 Å². The van der Waals surface area contributed by atoms with Gasteiger partial charge in [-0.05, 0) is 60.3 Å². The molecule has 1 aliphatic rings. The summed E-state index contributed by atoms with van der Waals surface area (Å²) in [5.74, 6) is 1.81. The van der Waals surface area contributed by atoms with Gasteiger partial charge in [-0.15, -0.1) is 0 Å². The summed E-state index contributed by atoms with van der Waals surface area (Å²) in [5.41, 5.74) is 1.38. The molecular weight excluding hydrogens is 464 g/mol. The summed E-state index contributed by atoms with van der Waals surface area (Å²) in [5, 5.41) is 3.41. The number of ether oxygens (including phenoxy) is 3. The number of benzene rings is 1. The molecule has 8 nitrogen and oxygen atoms in total. The molecule has 31 heavy (non-hydrogen) atoms. The molecular formula is C22H29BrN4O4. The minimum absolute atomic E-state index is 0.204. The summed E-state index contributed by atoms with van der Waals surface area (Å²) in [6.07, 6.45) is 4.99. The molecule has 0 atom stereocenters. The van der Waals surface area contributed by atoms with Crippen molar-refractivity contribution in [1.82, 2.24) is 14.9 Å². The van der Waals surface area contributed by atoms with E-state index in [2.05, 4.69) is 53.0 Å². The average Bonchev–Trinajstić information content (AvgIpc) is 2.78. The summed E-state index contributed by atoms with van der Waals surface area (Å²) in [4.78, 5) is 22.3. The molecule has 0 radical (unpaired) electrons. The van der Waals surface area contributed by atoms with Crippen LogP contribution in [0.2, 0.25) is 0 Å². The first-order valence-corrected chi connectivity index (χ1v) is 11.3. The number of nitrogens with one attached hydrogen (secondary N) is 1. The predicted molar refractivity (Wildman–Crippen MR) is 122 cm³/mol. The summed E-state index contributed by atoms with van der Waals surface area (Å²) < 4.78 is 17.1. The topological polar surface area (TPSA) is 85.8 Å². The second-order valence-corrected chi connectivity index (χ2v) is 8.04. The van der Waals surface area contributed by atoms with Gasteiger partial charge in [0.2, 0.25) is 0 Å². The molecule has 2 aromatic rings. The maximum Gasteiger partial charge on any atom is 0.358 e. The zero-order chi connectivity index (χ0) is 22.2. The van der Waals surface area contributed by atoms with E-state index in [-0.39, 0.29) is 5.69 Å². The molecule has 0 unspecified atom stereocenters. The number of carbonyl (C=O) groups is 1. The molecule has 0 amide bonds. The Labute approximate surface area is 191 Å². The van der Waals surface area contributed by atoms with E-state index in [4.69, 9.17) is 9.47 Å². The number of nitrogens with zero attached hydrogens (tertiary/aromatic N) is 3. The van der Waals surface area contributed by atoms with Crippen LogP contribution in [0.15, 0.2) is 29.0 Å². The lowest BCUT2D eigenvalue weighted by Gasteiger charge is -2.32. The molecule has 1 saturated heterocycles. The van der Waals surface area contributed by atoms with Gasteiger partial charge in [-0.25, -0.2) is 14.8 Å². The van der Waals surface area contributed by atoms with Gasteiger partial charge in [-0.2, -0.15) is 0 Å². The lowest BCUT2D eigenvalue weighted by Crippen LogP contribution is -2.38. The van der Waals surface area contributed by atoms with Gasteiger partial charge >= 0.3 is 5.97 Å². The van der Waals surface area contributed by atoms with Gasteiger partial charge in [-0.1, -0.05) is 0 Å². The van der Waals surface area contributed by atoms with Crippen LogP contribution in [0, 0.1) is 0 Å². The third kappa shape index (κ3) is 6.30. The number of likely N-dealkylation sites (tertiary alicyclic amines) is 1. The molecule has 0 bridgehead atoms. The molecule has 0 saturated carbocycles. The Hall–Kier alpha value is -2.39. The fourth-order valence-electron chi connectivity index (χ4n) is 3.55. The van der Waals surface area contributed by atoms with Crippen molar-refractivity contribution in [3.8, 4) is 11.5 Å². The van der Waals surface area contributed by atoms with E-state index in [1.54, 1.807) is 6.20 Å². The van der Waals surface area contributed by atoms with Gasteiger partial charge < -0.3 is 19.5 Å². The minimum Gasteiger partial charge on any atom is -0.493 e. The summed E-state index contributed by atoms with van der Waals surface area (Å²) >= 11 is 3.59. The van der Waals surface area contributed by atoms with E-state index in [1.165, 1.54) is 18.9 Å². The van der Waals surface area contributed by atoms with Crippen molar-refractivity contribution in [2.24, 2.45) is 0 Å². The van der Waals surface area contributed by atoms with Crippen molar-refractivity contribution in [2.75, 3.05) is 38.7 Å². The SMILES string of the molecule is CCOc1cc(CN2CCC(Nc3cnc(C(=O)OC)cn3)CC2)cc(OCC)c1Br. The second-order valence-electron chi connectivity index (χ2n) is 7.25. The van der Waals surface area contributed by atoms with E-state index in [0.29, 0.717) is 25.1 Å². The molecule has 2 heterocycles. The Balaban J connectivity index is 1.55. The number of hydrogen-bond donors (Lipinski definition) is 1. The molecule has 0 aliphatic carbocycles. The van der Waals surface area contributed by atoms with Crippen molar-refractivity contribution in [3.63, 3.8) is 0 Å². The Morgan fingerprint density at radius 1 is 1.13 bits per heavy atom. The lowest BCUT2D eigenvalue weighted by molar-refractivity contribution is 0.0593. The van der Waals surface area contributed by atoms with Crippen molar-refractivity contribution in [3.05, 3.63) is 40.3 Å². The number of carbonyl (C=O) groups excluding carboxylic acids is 1. The first-order chi connectivity index (χ1) is 15.0. The van der Waals surface area contributed by atoms with Crippen molar-refractivity contribution in [1.29, 1.82) is 0 Å². The van der Waals surface area contributed by atoms with Gasteiger partial charge in [-0.3, -0.25) is 4.90 Å². The molecule has 168 valence electrons. The molecule has 1 aromatic carbocycles. The van der Waals surface area contributed by atoms with Crippen molar-refractivity contribution in [2.45, 2.75) is 39.3 Å². The highest BCUT2D eigenvalue weighted by atomic mass is 79.9. The number of esters is 1. The van der Waals surface area contributed by atoms with Crippen molar-refractivity contribution >= 4 is 27.7 Å². The first kappa shape index (κ1) is 23.3. The van der Waals surface area contributed by atoms with Crippen molar-refractivity contribution < 1.29 is 19.0 Å². The number of piperidine rings is 1. The monoisotopic (exact) mass is 492 g/mol. The Morgan fingerprint density at radius 2 is 1.77 bits per heavy atom. The Bertz CT molecular complexity index is 843. The van der Waals surface area contributed by atoms with E-state index in [1.807, 2.05) is 13.8 Å². The van der Waals surface area contributed by atoms with Crippen LogP contribution in [0.1, 0.15) is 42.7 Å². The highest BCUT2D eigenvalue weighted by Crippen LogP contribution is 2.36. The van der Waals surface area contributed by atoms with Crippen LogP contribution in [-0.4, -0.2) is 60.3 Å². The van der Waals surface area contributed by atoms with Gasteiger partial charge in [0.25, 0.3) is 0 Å². The number of methoxy groups -OCH3 is 1. The van der Waals surface area contributed by atoms with Gasteiger partial charge in [0.1, 0.15) is 21.8 Å². The molecule has 1 fully saturated rings. The fraction of sp³-hybridized carbons (Fsp3) is 0.500. The highest BCUT2D eigenvalue weighted by Gasteiger charge is 2.21. The first-order valence-electron chi connectivity index (χ1n) is 10.5. The number of halogens is 1. The van der Waals surface area contributed by atoms with Gasteiger partial charge in [0.05, 0.1) is 32.7 Å². The molecule has 9 heteroatoms. The zero-order valence-electron chi connectivity index (χ0n) is 18.2. The minimum atomic E-state index is -0.486. The summed E-state index contributed by atoms with van der Waals surface area (Å²) in [6, 6.07) is 4.48. The normalized spacial score (nSPS) is 14.8. The molecule has 1 aromatic heterocycles. The number of rotatable bonds is 9. The molecule has 3 rings (SSSR count). The van der Waals surface area contributed by atoms with Crippen LogP contribution in [0.4, 0.5) is 5.82 Å². The lowest BCUT2D eigenvalue weighted by atomic mass is 10.0. The summed E-state index contributed by atoms with van der Waals surface area (Å²) in [7, 11) is 1.33. The highest BCUT2D eigenvalue weighted by molar-refractivity contribution is 9.10. The number of anilines is 1. The fourth-order valence-corrected chi connectivity index (χ4v) is 4.01. The maximum absolute atomic E-state index is 11.5. The molecule has 0 spiro atoms. The van der Waals surface area contributed by atoms with Gasteiger partial charge in [0.15, 0.2) is 5.69 Å². The van der Waals surface area contributed by atoms with E-state index >= 15 is 0 Å². The smallest absolute Gasteiger partial charge is 0.358 e. The van der Waals surface area contributed by atoms with Crippen LogP contribution < -0.4 is 14.8 Å². The number of aromatic nitrogens is 2. The van der Waals surface area contributed by atoms with Crippen LogP contribution >= 0.6 is 15.9 Å². The van der Waals surface area contributed by atoms with E-state index < -0.39 is 5.97 Å². The van der Waals surface area contributed by atoms with Crippen LogP contribution in [-0.2, 0) is 11.3 Å². The predicted octanol–water partition coefficient (Wildman–Crippen LogP) is 3.90. The Morgan fingerprint density at radius 3 is 2.29 bits per heavy atom. The van der Waals surface area contributed by atoms with Crippen LogP contribution in [0.5, 0.6) is 11.5 Å².